The fourth-order valence-electron chi connectivity index (χ4n) is 2.27. The van der Waals surface area contributed by atoms with Gasteiger partial charge >= 0.3 is 0 Å². The van der Waals surface area contributed by atoms with Crippen LogP contribution in [-0.4, -0.2) is 24.5 Å². The maximum atomic E-state index is 6.32. The maximum absolute atomic E-state index is 6.32. The molecule has 0 aliphatic carbocycles. The first-order chi connectivity index (χ1) is 10.9. The minimum atomic E-state index is -0.103. The molecule has 0 bridgehead atoms. The van der Waals surface area contributed by atoms with E-state index in [9.17, 15) is 0 Å². The third-order valence-electron chi connectivity index (χ3n) is 3.60. The number of aliphatic imine (C=N–C) groups is 1. The first-order valence-electron chi connectivity index (χ1n) is 7.53. The zero-order valence-electron chi connectivity index (χ0n) is 14.0. The standard InChI is InChI=1S/C17H23ClN4S/c1-12-9-20-15(23-12)10-21-16(19-4)22-11-17(2,3)13-7-5-6-8-14(13)18/h5-9H,10-11H2,1-4H3,(H2,19,21,22). The highest BCUT2D eigenvalue weighted by Gasteiger charge is 2.23. The van der Waals surface area contributed by atoms with Crippen molar-refractivity contribution >= 4 is 28.9 Å². The largest absolute Gasteiger partial charge is 0.356 e. The SMILES string of the molecule is CN=C(NCc1ncc(C)s1)NCC(C)(C)c1ccccc1Cl. The Hall–Kier alpha value is -1.59. The Morgan fingerprint density at radius 2 is 2.04 bits per heavy atom. The van der Waals surface area contributed by atoms with Crippen molar-refractivity contribution in [2.45, 2.75) is 32.7 Å². The third-order valence-corrected chi connectivity index (χ3v) is 4.84. The topological polar surface area (TPSA) is 49.3 Å². The Balaban J connectivity index is 1.93. The van der Waals surface area contributed by atoms with Crippen LogP contribution in [0.1, 0.15) is 29.3 Å². The Morgan fingerprint density at radius 1 is 1.30 bits per heavy atom. The van der Waals surface area contributed by atoms with E-state index in [4.69, 9.17) is 11.6 Å². The van der Waals surface area contributed by atoms with Crippen LogP contribution in [0.3, 0.4) is 0 Å². The number of halogens is 1. The molecule has 6 heteroatoms. The molecule has 1 heterocycles. The maximum Gasteiger partial charge on any atom is 0.191 e. The lowest BCUT2D eigenvalue weighted by atomic mass is 9.84. The molecule has 2 N–H and O–H groups in total. The molecule has 1 aromatic carbocycles. The lowest BCUT2D eigenvalue weighted by Crippen LogP contribution is -2.43. The highest BCUT2D eigenvalue weighted by Crippen LogP contribution is 2.28. The highest BCUT2D eigenvalue weighted by molar-refractivity contribution is 7.11. The average molecular weight is 351 g/mol. The molecule has 0 amide bonds. The molecule has 0 aliphatic heterocycles. The molecular weight excluding hydrogens is 328 g/mol. The third kappa shape index (κ3) is 4.94. The molecule has 4 nitrogen and oxygen atoms in total. The zero-order chi connectivity index (χ0) is 16.9. The van der Waals surface area contributed by atoms with Crippen LogP contribution >= 0.6 is 22.9 Å². The molecule has 2 rings (SSSR count). The fraction of sp³-hybridized carbons (Fsp3) is 0.412. The van der Waals surface area contributed by atoms with E-state index in [2.05, 4.69) is 47.4 Å². The highest BCUT2D eigenvalue weighted by atomic mass is 35.5. The van der Waals surface area contributed by atoms with Gasteiger partial charge in [-0.1, -0.05) is 43.6 Å². The average Bonchev–Trinajstić information content (AvgIpc) is 2.93. The molecule has 2 aromatic rings. The summed E-state index contributed by atoms with van der Waals surface area (Å²) in [6, 6.07) is 7.96. The summed E-state index contributed by atoms with van der Waals surface area (Å²) >= 11 is 8.01. The summed E-state index contributed by atoms with van der Waals surface area (Å²) in [6.45, 7) is 7.79. The Bertz CT molecular complexity index is 679. The first kappa shape index (κ1) is 17.8. The van der Waals surface area contributed by atoms with Gasteiger partial charge in [0.15, 0.2) is 5.96 Å². The number of nitrogens with one attached hydrogen (secondary N) is 2. The lowest BCUT2D eigenvalue weighted by Gasteiger charge is -2.27. The van der Waals surface area contributed by atoms with Crippen LogP contribution in [0.15, 0.2) is 35.5 Å². The second kappa shape index (κ2) is 7.79. The van der Waals surface area contributed by atoms with E-state index in [1.54, 1.807) is 18.4 Å². The van der Waals surface area contributed by atoms with Gasteiger partial charge in [0, 0.05) is 35.1 Å². The van der Waals surface area contributed by atoms with Crippen LogP contribution in [-0.2, 0) is 12.0 Å². The van der Waals surface area contributed by atoms with Crippen LogP contribution < -0.4 is 10.6 Å². The van der Waals surface area contributed by atoms with Gasteiger partial charge in [-0.25, -0.2) is 4.98 Å². The van der Waals surface area contributed by atoms with E-state index < -0.39 is 0 Å². The number of hydrogen-bond acceptors (Lipinski definition) is 3. The number of hydrogen-bond donors (Lipinski definition) is 2. The van der Waals surface area contributed by atoms with Crippen molar-refractivity contribution in [1.82, 2.24) is 15.6 Å². The van der Waals surface area contributed by atoms with Crippen molar-refractivity contribution in [1.29, 1.82) is 0 Å². The van der Waals surface area contributed by atoms with Crippen molar-refractivity contribution < 1.29 is 0 Å². The molecule has 0 fully saturated rings. The monoisotopic (exact) mass is 350 g/mol. The molecule has 0 unspecified atom stereocenters. The quantitative estimate of drug-likeness (QED) is 0.637. The second-order valence-electron chi connectivity index (χ2n) is 6.01. The van der Waals surface area contributed by atoms with E-state index in [-0.39, 0.29) is 5.41 Å². The molecule has 0 radical (unpaired) electrons. The smallest absolute Gasteiger partial charge is 0.191 e. The van der Waals surface area contributed by atoms with E-state index in [1.807, 2.05) is 24.4 Å². The summed E-state index contributed by atoms with van der Waals surface area (Å²) in [5, 5.41) is 8.50. The van der Waals surface area contributed by atoms with Gasteiger partial charge < -0.3 is 10.6 Å². The minimum absolute atomic E-state index is 0.103. The molecule has 0 aliphatic rings. The molecule has 1 aromatic heterocycles. The summed E-state index contributed by atoms with van der Waals surface area (Å²) in [5.41, 5.74) is 1.02. The molecule has 124 valence electrons. The summed E-state index contributed by atoms with van der Waals surface area (Å²) in [6.07, 6.45) is 1.89. The van der Waals surface area contributed by atoms with E-state index in [1.165, 1.54) is 4.88 Å². The van der Waals surface area contributed by atoms with E-state index >= 15 is 0 Å². The predicted octanol–water partition coefficient (Wildman–Crippen LogP) is 3.75. The zero-order valence-corrected chi connectivity index (χ0v) is 15.6. The van der Waals surface area contributed by atoms with Crippen molar-refractivity contribution in [2.75, 3.05) is 13.6 Å². The van der Waals surface area contributed by atoms with Crippen LogP contribution in [0, 0.1) is 6.92 Å². The Labute approximate surface area is 147 Å². The number of guanidine groups is 1. The summed E-state index contributed by atoms with van der Waals surface area (Å²) in [7, 11) is 1.77. The van der Waals surface area contributed by atoms with Crippen LogP contribution in [0.5, 0.6) is 0 Å². The number of aromatic nitrogens is 1. The normalized spacial score (nSPS) is 12.3. The Kier molecular flexibility index (Phi) is 6.02. The van der Waals surface area contributed by atoms with Crippen LogP contribution in [0.4, 0.5) is 0 Å². The Morgan fingerprint density at radius 3 is 2.65 bits per heavy atom. The lowest BCUT2D eigenvalue weighted by molar-refractivity contribution is 0.509. The number of thiazole rings is 1. The van der Waals surface area contributed by atoms with Gasteiger partial charge in [-0.2, -0.15) is 0 Å². The van der Waals surface area contributed by atoms with Crippen molar-refractivity contribution in [2.24, 2.45) is 4.99 Å². The fourth-order valence-corrected chi connectivity index (χ4v) is 3.39. The predicted molar refractivity (Wildman–Crippen MR) is 99.5 cm³/mol. The van der Waals surface area contributed by atoms with Crippen LogP contribution in [0.2, 0.25) is 5.02 Å². The molecule has 23 heavy (non-hydrogen) atoms. The molecule has 0 spiro atoms. The number of benzene rings is 1. The van der Waals surface area contributed by atoms with Crippen LogP contribution in [0.25, 0.3) is 0 Å². The second-order valence-corrected chi connectivity index (χ2v) is 7.73. The summed E-state index contributed by atoms with van der Waals surface area (Å²) < 4.78 is 0. The molecular formula is C17H23ClN4S. The molecule has 0 atom stereocenters. The number of rotatable bonds is 5. The van der Waals surface area contributed by atoms with Crippen molar-refractivity contribution in [3.8, 4) is 0 Å². The van der Waals surface area contributed by atoms with E-state index in [0.717, 1.165) is 28.1 Å². The van der Waals surface area contributed by atoms with Gasteiger partial charge in [0.25, 0.3) is 0 Å². The van der Waals surface area contributed by atoms with Gasteiger partial charge in [0.1, 0.15) is 5.01 Å². The van der Waals surface area contributed by atoms with E-state index in [0.29, 0.717) is 6.54 Å². The minimum Gasteiger partial charge on any atom is -0.356 e. The first-order valence-corrected chi connectivity index (χ1v) is 8.72. The summed E-state index contributed by atoms with van der Waals surface area (Å²) in [5.74, 6) is 0.762. The van der Waals surface area contributed by atoms with Crippen molar-refractivity contribution in [3.63, 3.8) is 0 Å². The van der Waals surface area contributed by atoms with Gasteiger partial charge in [-0.15, -0.1) is 11.3 Å². The number of aryl methyl sites for hydroxylation is 1. The number of nitrogens with zero attached hydrogens (tertiary/aromatic N) is 2. The van der Waals surface area contributed by atoms with Crippen molar-refractivity contribution in [3.05, 3.63) is 50.9 Å². The molecule has 0 saturated carbocycles. The van der Waals surface area contributed by atoms with Gasteiger partial charge in [0.2, 0.25) is 0 Å². The van der Waals surface area contributed by atoms with Gasteiger partial charge in [-0.3, -0.25) is 4.99 Å². The van der Waals surface area contributed by atoms with Gasteiger partial charge in [0.05, 0.1) is 6.54 Å². The molecule has 0 saturated heterocycles. The summed E-state index contributed by atoms with van der Waals surface area (Å²) in [4.78, 5) is 9.83. The van der Waals surface area contributed by atoms with Gasteiger partial charge in [-0.05, 0) is 18.6 Å².